The average molecular weight is 193 g/mol. The van der Waals surface area contributed by atoms with Crippen LogP contribution in [-0.4, -0.2) is 24.5 Å². The molecule has 4 fully saturated rings. The van der Waals surface area contributed by atoms with Gasteiger partial charge in [0.15, 0.2) is 0 Å². The Kier molecular flexibility index (Phi) is 1.96. The molecule has 0 N–H and O–H groups in total. The van der Waals surface area contributed by atoms with Crippen LogP contribution in [0.2, 0.25) is 0 Å². The second-order valence-electron chi connectivity index (χ2n) is 6.25. The topological polar surface area (TPSA) is 3.24 Å². The first-order valence-electron chi connectivity index (χ1n) is 6.40. The van der Waals surface area contributed by atoms with E-state index in [0.717, 1.165) is 23.3 Å². The lowest BCUT2D eigenvalue weighted by Crippen LogP contribution is -2.43. The highest BCUT2D eigenvalue weighted by Gasteiger charge is 2.51. The van der Waals surface area contributed by atoms with Gasteiger partial charge in [-0.3, -0.25) is 0 Å². The highest BCUT2D eigenvalue weighted by Crippen LogP contribution is 2.57. The van der Waals surface area contributed by atoms with Crippen LogP contribution in [0.4, 0.5) is 0 Å². The zero-order valence-electron chi connectivity index (χ0n) is 9.63. The van der Waals surface area contributed by atoms with Gasteiger partial charge in [0.2, 0.25) is 0 Å². The third kappa shape index (κ3) is 1.18. The molecule has 1 nitrogen and oxygen atoms in total. The molecule has 1 spiro atoms. The van der Waals surface area contributed by atoms with E-state index in [1.54, 1.807) is 32.1 Å². The molecule has 1 saturated heterocycles. The maximum Gasteiger partial charge on any atom is 0.00699 e. The van der Waals surface area contributed by atoms with Crippen molar-refractivity contribution in [2.24, 2.45) is 17.3 Å². The lowest BCUT2D eigenvalue weighted by molar-refractivity contribution is 0.0101. The van der Waals surface area contributed by atoms with E-state index < -0.39 is 0 Å². The van der Waals surface area contributed by atoms with Crippen molar-refractivity contribution < 1.29 is 0 Å². The molecule has 1 aliphatic heterocycles. The Morgan fingerprint density at radius 3 is 2.21 bits per heavy atom. The molecule has 1 heterocycles. The van der Waals surface area contributed by atoms with Crippen LogP contribution >= 0.6 is 0 Å². The Bertz CT molecular complexity index is 212. The molecule has 0 amide bonds. The first kappa shape index (κ1) is 9.21. The molecule has 3 aliphatic carbocycles. The van der Waals surface area contributed by atoms with Crippen molar-refractivity contribution in [1.29, 1.82) is 0 Å². The summed E-state index contributed by atoms with van der Waals surface area (Å²) in [6.45, 7) is 3.81. The summed E-state index contributed by atoms with van der Waals surface area (Å²) in [5, 5.41) is 0. The van der Waals surface area contributed by atoms with Gasteiger partial charge in [-0.15, -0.1) is 0 Å². The fourth-order valence-corrected chi connectivity index (χ4v) is 4.63. The molecule has 4 aliphatic rings. The van der Waals surface area contributed by atoms with Crippen LogP contribution in [0.5, 0.6) is 0 Å². The van der Waals surface area contributed by atoms with Gasteiger partial charge in [0.25, 0.3) is 0 Å². The predicted octanol–water partition coefficient (Wildman–Crippen LogP) is 2.91. The number of likely N-dealkylation sites (tertiary alicyclic amines) is 1. The highest BCUT2D eigenvalue weighted by molar-refractivity contribution is 5.03. The monoisotopic (exact) mass is 193 g/mol. The summed E-state index contributed by atoms with van der Waals surface area (Å²) in [4.78, 5) is 2.60. The van der Waals surface area contributed by atoms with Crippen LogP contribution in [0.3, 0.4) is 0 Å². The Morgan fingerprint density at radius 1 is 1.07 bits per heavy atom. The summed E-state index contributed by atoms with van der Waals surface area (Å²) < 4.78 is 0. The number of nitrogens with zero attached hydrogens (tertiary/aromatic N) is 1. The van der Waals surface area contributed by atoms with Crippen molar-refractivity contribution in [2.75, 3.05) is 13.6 Å². The summed E-state index contributed by atoms with van der Waals surface area (Å²) in [6.07, 6.45) is 9.24. The lowest BCUT2D eigenvalue weighted by Gasteiger charge is -2.50. The van der Waals surface area contributed by atoms with E-state index in [2.05, 4.69) is 18.9 Å². The van der Waals surface area contributed by atoms with Crippen LogP contribution in [0.15, 0.2) is 0 Å². The quantitative estimate of drug-likeness (QED) is 0.572. The van der Waals surface area contributed by atoms with Gasteiger partial charge >= 0.3 is 0 Å². The minimum atomic E-state index is 0.759. The van der Waals surface area contributed by atoms with Gasteiger partial charge in [0.05, 0.1) is 0 Å². The van der Waals surface area contributed by atoms with E-state index >= 15 is 0 Å². The van der Waals surface area contributed by atoms with E-state index in [-0.39, 0.29) is 0 Å². The van der Waals surface area contributed by atoms with Crippen LogP contribution in [0.1, 0.15) is 45.4 Å². The van der Waals surface area contributed by atoms with Crippen LogP contribution in [0.25, 0.3) is 0 Å². The van der Waals surface area contributed by atoms with Crippen molar-refractivity contribution in [3.8, 4) is 0 Å². The third-order valence-electron chi connectivity index (χ3n) is 5.43. The van der Waals surface area contributed by atoms with Crippen molar-refractivity contribution in [1.82, 2.24) is 4.90 Å². The van der Waals surface area contributed by atoms with Crippen molar-refractivity contribution in [3.63, 3.8) is 0 Å². The van der Waals surface area contributed by atoms with Crippen LogP contribution in [-0.2, 0) is 0 Å². The predicted molar refractivity (Wildman–Crippen MR) is 59.2 cm³/mol. The van der Waals surface area contributed by atoms with Gasteiger partial charge < -0.3 is 4.90 Å². The zero-order valence-corrected chi connectivity index (χ0v) is 9.63. The molecule has 3 saturated carbocycles. The largest absolute Gasteiger partial charge is 0.303 e. The summed E-state index contributed by atoms with van der Waals surface area (Å²) in [5.74, 6) is 2.18. The summed E-state index contributed by atoms with van der Waals surface area (Å²) in [5.41, 5.74) is 0.759. The Balaban J connectivity index is 1.84. The standard InChI is InChI=1S/C13H23N/c1-10-7-13(9-14(10)2)8-11-3-5-12(13)6-4-11/h10-12H,3-9H2,1-2H3. The Hall–Kier alpha value is -0.0400. The van der Waals surface area contributed by atoms with Crippen molar-refractivity contribution in [3.05, 3.63) is 0 Å². The molecule has 1 heteroatoms. The molecule has 2 atom stereocenters. The van der Waals surface area contributed by atoms with E-state index in [9.17, 15) is 0 Å². The molecule has 2 unspecified atom stereocenters. The molecule has 80 valence electrons. The number of hydrogen-bond donors (Lipinski definition) is 0. The lowest BCUT2D eigenvalue weighted by atomic mass is 9.55. The highest BCUT2D eigenvalue weighted by atomic mass is 15.2. The molecule has 0 aromatic rings. The van der Waals surface area contributed by atoms with Crippen molar-refractivity contribution >= 4 is 0 Å². The van der Waals surface area contributed by atoms with Gasteiger partial charge in [0, 0.05) is 12.6 Å². The normalized spacial score (nSPS) is 53.1. The van der Waals surface area contributed by atoms with Gasteiger partial charge in [0.1, 0.15) is 0 Å². The summed E-state index contributed by atoms with van der Waals surface area (Å²) in [6, 6.07) is 0.842. The minimum absolute atomic E-state index is 0.759. The first-order valence-corrected chi connectivity index (χ1v) is 6.40. The Morgan fingerprint density at radius 2 is 1.79 bits per heavy atom. The molecular weight excluding hydrogens is 170 g/mol. The number of fused-ring (bicyclic) bond motifs is 2. The van der Waals surface area contributed by atoms with E-state index in [4.69, 9.17) is 0 Å². The average Bonchev–Trinajstić information content (AvgIpc) is 2.43. The second-order valence-corrected chi connectivity index (χ2v) is 6.25. The van der Waals surface area contributed by atoms with Gasteiger partial charge in [-0.2, -0.15) is 0 Å². The first-order chi connectivity index (χ1) is 6.70. The summed E-state index contributed by atoms with van der Waals surface area (Å²) >= 11 is 0. The molecule has 0 aromatic heterocycles. The third-order valence-corrected chi connectivity index (χ3v) is 5.43. The fraction of sp³-hybridized carbons (Fsp3) is 1.00. The summed E-state index contributed by atoms with van der Waals surface area (Å²) in [7, 11) is 2.32. The van der Waals surface area contributed by atoms with Gasteiger partial charge in [-0.05, 0) is 56.9 Å². The molecule has 0 aromatic carbocycles. The minimum Gasteiger partial charge on any atom is -0.303 e. The zero-order chi connectivity index (χ0) is 9.76. The number of rotatable bonds is 0. The molecule has 4 rings (SSSR count). The maximum atomic E-state index is 2.60. The SMILES string of the molecule is CC1CC2(CC3CCC2CC3)CN1C. The molecule has 14 heavy (non-hydrogen) atoms. The van der Waals surface area contributed by atoms with Crippen LogP contribution < -0.4 is 0 Å². The molecule has 2 bridgehead atoms. The molecular formula is C13H23N. The molecule has 0 radical (unpaired) electrons. The number of hydrogen-bond acceptors (Lipinski definition) is 1. The van der Waals surface area contributed by atoms with Crippen LogP contribution in [0, 0.1) is 17.3 Å². The van der Waals surface area contributed by atoms with Gasteiger partial charge in [-0.25, -0.2) is 0 Å². The van der Waals surface area contributed by atoms with Gasteiger partial charge in [-0.1, -0.05) is 12.8 Å². The van der Waals surface area contributed by atoms with E-state index in [0.29, 0.717) is 0 Å². The Labute approximate surface area is 87.9 Å². The van der Waals surface area contributed by atoms with E-state index in [1.165, 1.54) is 13.0 Å². The fourth-order valence-electron chi connectivity index (χ4n) is 4.63. The van der Waals surface area contributed by atoms with E-state index in [1.807, 2.05) is 0 Å². The smallest absolute Gasteiger partial charge is 0.00699 e. The van der Waals surface area contributed by atoms with Crippen molar-refractivity contribution in [2.45, 2.75) is 51.5 Å². The second kappa shape index (κ2) is 2.98. The maximum absolute atomic E-state index is 2.60.